The molecule has 6 nitrogen and oxygen atoms in total. The number of amides is 1. The lowest BCUT2D eigenvalue weighted by Crippen LogP contribution is -2.29. The summed E-state index contributed by atoms with van der Waals surface area (Å²) in [6, 6.07) is 3.02. The topological polar surface area (TPSA) is 91.6 Å². The van der Waals surface area contributed by atoms with E-state index in [9.17, 15) is 9.59 Å². The van der Waals surface area contributed by atoms with Gasteiger partial charge in [0.05, 0.1) is 6.54 Å². The van der Waals surface area contributed by atoms with E-state index in [1.54, 1.807) is 6.07 Å². The molecule has 3 N–H and O–H groups in total. The van der Waals surface area contributed by atoms with E-state index in [1.807, 2.05) is 0 Å². The van der Waals surface area contributed by atoms with Crippen LogP contribution in [0.4, 0.5) is 0 Å². The van der Waals surface area contributed by atoms with Crippen LogP contribution < -0.4 is 10.6 Å². The summed E-state index contributed by atoms with van der Waals surface area (Å²) in [6.07, 6.45) is 0. The summed E-state index contributed by atoms with van der Waals surface area (Å²) in [5.41, 5.74) is 0. The Morgan fingerprint density at radius 3 is 2.69 bits per heavy atom. The Bertz CT molecular complexity index is 373. The lowest BCUT2D eigenvalue weighted by molar-refractivity contribution is -0.118. The van der Waals surface area contributed by atoms with Gasteiger partial charge in [0, 0.05) is 20.0 Å². The van der Waals surface area contributed by atoms with Gasteiger partial charge in [-0.3, -0.25) is 4.79 Å². The maximum atomic E-state index is 10.5. The maximum absolute atomic E-state index is 10.5. The average Bonchev–Trinajstić information content (AvgIpc) is 2.65. The average molecular weight is 226 g/mol. The fourth-order valence-electron chi connectivity index (χ4n) is 1.13. The first-order valence-electron chi connectivity index (χ1n) is 4.87. The predicted molar refractivity (Wildman–Crippen MR) is 56.1 cm³/mol. The molecule has 0 radical (unpaired) electrons. The van der Waals surface area contributed by atoms with Crippen molar-refractivity contribution in [2.45, 2.75) is 13.5 Å². The zero-order valence-corrected chi connectivity index (χ0v) is 8.95. The molecule has 0 unspecified atom stereocenters. The number of carboxylic acids is 1. The molecule has 0 aliphatic rings. The summed E-state index contributed by atoms with van der Waals surface area (Å²) in [5.74, 6) is -0.670. The van der Waals surface area contributed by atoms with Crippen LogP contribution in [0.15, 0.2) is 16.5 Å². The first-order chi connectivity index (χ1) is 7.59. The second-order valence-corrected chi connectivity index (χ2v) is 3.23. The molecule has 0 spiro atoms. The predicted octanol–water partition coefficient (Wildman–Crippen LogP) is 0.203. The molecule has 1 heterocycles. The van der Waals surface area contributed by atoms with Crippen molar-refractivity contribution in [2.24, 2.45) is 0 Å². The Kier molecular flexibility index (Phi) is 4.53. The van der Waals surface area contributed by atoms with E-state index >= 15 is 0 Å². The van der Waals surface area contributed by atoms with E-state index in [2.05, 4.69) is 10.6 Å². The molecule has 0 aliphatic heterocycles. The Hall–Kier alpha value is -1.82. The minimum Gasteiger partial charge on any atom is -0.475 e. The van der Waals surface area contributed by atoms with E-state index in [-0.39, 0.29) is 11.7 Å². The van der Waals surface area contributed by atoms with Gasteiger partial charge in [0.2, 0.25) is 11.7 Å². The van der Waals surface area contributed by atoms with Gasteiger partial charge in [-0.15, -0.1) is 0 Å². The zero-order valence-electron chi connectivity index (χ0n) is 8.95. The molecule has 6 heteroatoms. The van der Waals surface area contributed by atoms with Crippen LogP contribution in [0, 0.1) is 0 Å². The zero-order chi connectivity index (χ0) is 12.0. The molecule has 1 aromatic rings. The first-order valence-corrected chi connectivity index (χ1v) is 4.87. The smallest absolute Gasteiger partial charge is 0.371 e. The molecular formula is C10H14N2O4. The van der Waals surface area contributed by atoms with Crippen molar-refractivity contribution >= 4 is 11.9 Å². The Balaban J connectivity index is 2.21. The van der Waals surface area contributed by atoms with Crippen LogP contribution in [0.2, 0.25) is 0 Å². The summed E-state index contributed by atoms with van der Waals surface area (Å²) >= 11 is 0. The first kappa shape index (κ1) is 12.3. The summed E-state index contributed by atoms with van der Waals surface area (Å²) in [6.45, 7) is 3.02. The van der Waals surface area contributed by atoms with Crippen LogP contribution in [0.5, 0.6) is 0 Å². The highest BCUT2D eigenvalue weighted by Crippen LogP contribution is 2.06. The Labute approximate surface area is 92.6 Å². The van der Waals surface area contributed by atoms with Gasteiger partial charge in [-0.1, -0.05) is 0 Å². The van der Waals surface area contributed by atoms with E-state index < -0.39 is 5.97 Å². The summed E-state index contributed by atoms with van der Waals surface area (Å²) in [7, 11) is 0. The number of hydrogen-bond donors (Lipinski definition) is 3. The van der Waals surface area contributed by atoms with Crippen LogP contribution in [-0.2, 0) is 11.3 Å². The quantitative estimate of drug-likeness (QED) is 0.603. The normalized spacial score (nSPS) is 10.1. The highest BCUT2D eigenvalue weighted by molar-refractivity contribution is 5.84. The number of carboxylic acid groups (broad SMARTS) is 1. The SMILES string of the molecule is CC(=O)NCCNCc1ccc(C(=O)O)o1. The maximum Gasteiger partial charge on any atom is 0.371 e. The number of nitrogens with one attached hydrogen (secondary N) is 2. The second kappa shape index (κ2) is 5.92. The second-order valence-electron chi connectivity index (χ2n) is 3.23. The third-order valence-corrected chi connectivity index (χ3v) is 1.85. The van der Waals surface area contributed by atoms with Gasteiger partial charge >= 0.3 is 5.97 Å². The summed E-state index contributed by atoms with van der Waals surface area (Å²) < 4.78 is 5.02. The molecule has 0 bridgehead atoms. The largest absolute Gasteiger partial charge is 0.475 e. The van der Waals surface area contributed by atoms with Crippen molar-refractivity contribution in [3.63, 3.8) is 0 Å². The van der Waals surface area contributed by atoms with E-state index in [0.29, 0.717) is 25.4 Å². The molecule has 0 aliphatic carbocycles. The van der Waals surface area contributed by atoms with Crippen molar-refractivity contribution in [1.29, 1.82) is 0 Å². The fourth-order valence-corrected chi connectivity index (χ4v) is 1.13. The molecule has 0 saturated carbocycles. The van der Waals surface area contributed by atoms with Crippen molar-refractivity contribution in [1.82, 2.24) is 10.6 Å². The minimum atomic E-state index is -1.08. The monoisotopic (exact) mass is 226 g/mol. The van der Waals surface area contributed by atoms with Crippen LogP contribution in [-0.4, -0.2) is 30.1 Å². The lowest BCUT2D eigenvalue weighted by atomic mass is 10.4. The van der Waals surface area contributed by atoms with Crippen molar-refractivity contribution < 1.29 is 19.1 Å². The van der Waals surface area contributed by atoms with Crippen molar-refractivity contribution in [3.05, 3.63) is 23.7 Å². The molecule has 0 saturated heterocycles. The van der Waals surface area contributed by atoms with Gasteiger partial charge in [0.1, 0.15) is 5.76 Å². The Morgan fingerprint density at radius 1 is 1.38 bits per heavy atom. The van der Waals surface area contributed by atoms with Crippen LogP contribution in [0.3, 0.4) is 0 Å². The number of aromatic carboxylic acids is 1. The molecule has 1 aromatic heterocycles. The lowest BCUT2D eigenvalue weighted by Gasteiger charge is -2.02. The summed E-state index contributed by atoms with van der Waals surface area (Å²) in [4.78, 5) is 21.0. The van der Waals surface area contributed by atoms with Gasteiger partial charge in [-0.25, -0.2) is 4.79 Å². The minimum absolute atomic E-state index is 0.0707. The number of rotatable bonds is 6. The van der Waals surface area contributed by atoms with Crippen LogP contribution >= 0.6 is 0 Å². The number of furan rings is 1. The molecule has 88 valence electrons. The molecule has 0 atom stereocenters. The van der Waals surface area contributed by atoms with Crippen LogP contribution in [0.1, 0.15) is 23.2 Å². The third-order valence-electron chi connectivity index (χ3n) is 1.85. The van der Waals surface area contributed by atoms with Gasteiger partial charge in [-0.05, 0) is 12.1 Å². The third kappa shape index (κ3) is 4.14. The fraction of sp³-hybridized carbons (Fsp3) is 0.400. The molecule has 1 rings (SSSR count). The standard InChI is InChI=1S/C10H14N2O4/c1-7(13)12-5-4-11-6-8-2-3-9(16-8)10(14)15/h2-3,11H,4-6H2,1H3,(H,12,13)(H,14,15). The van der Waals surface area contributed by atoms with Crippen LogP contribution in [0.25, 0.3) is 0 Å². The Morgan fingerprint density at radius 2 is 2.12 bits per heavy atom. The summed E-state index contributed by atoms with van der Waals surface area (Å²) in [5, 5.41) is 14.2. The highest BCUT2D eigenvalue weighted by Gasteiger charge is 2.07. The molecule has 0 aromatic carbocycles. The van der Waals surface area contributed by atoms with E-state index in [4.69, 9.17) is 9.52 Å². The van der Waals surface area contributed by atoms with Crippen molar-refractivity contribution in [3.8, 4) is 0 Å². The molecule has 0 fully saturated rings. The molecule has 1 amide bonds. The van der Waals surface area contributed by atoms with E-state index in [0.717, 1.165) is 0 Å². The van der Waals surface area contributed by atoms with E-state index in [1.165, 1.54) is 13.0 Å². The molecule has 16 heavy (non-hydrogen) atoms. The van der Waals surface area contributed by atoms with Gasteiger partial charge in [0.15, 0.2) is 0 Å². The number of carbonyl (C=O) groups is 2. The van der Waals surface area contributed by atoms with Gasteiger partial charge in [0.25, 0.3) is 0 Å². The van der Waals surface area contributed by atoms with Crippen molar-refractivity contribution in [2.75, 3.05) is 13.1 Å². The van der Waals surface area contributed by atoms with Gasteiger partial charge < -0.3 is 20.2 Å². The highest BCUT2D eigenvalue weighted by atomic mass is 16.4. The number of carbonyl (C=O) groups excluding carboxylic acids is 1. The molecular weight excluding hydrogens is 212 g/mol. The van der Waals surface area contributed by atoms with Gasteiger partial charge in [-0.2, -0.15) is 0 Å². The number of hydrogen-bond acceptors (Lipinski definition) is 4.